The summed E-state index contributed by atoms with van der Waals surface area (Å²) in [5.41, 5.74) is -0.229. The summed E-state index contributed by atoms with van der Waals surface area (Å²) in [6.07, 6.45) is 8.10. The van der Waals surface area contributed by atoms with Crippen molar-refractivity contribution in [1.82, 2.24) is 0 Å². The third-order valence-corrected chi connectivity index (χ3v) is 4.94. The summed E-state index contributed by atoms with van der Waals surface area (Å²) in [5, 5.41) is 0. The van der Waals surface area contributed by atoms with E-state index in [-0.39, 0.29) is 18.2 Å². The van der Waals surface area contributed by atoms with Gasteiger partial charge >= 0.3 is 5.97 Å². The lowest BCUT2D eigenvalue weighted by Gasteiger charge is -2.46. The molecule has 0 aromatic heterocycles. The molecule has 2 saturated carbocycles. The largest absolute Gasteiger partial charge is 0.438 e. The molecule has 0 amide bonds. The molecule has 3 nitrogen and oxygen atoms in total. The van der Waals surface area contributed by atoms with E-state index in [9.17, 15) is 4.79 Å². The van der Waals surface area contributed by atoms with Gasteiger partial charge in [-0.3, -0.25) is 4.79 Å². The van der Waals surface area contributed by atoms with Gasteiger partial charge in [0.15, 0.2) is 6.79 Å². The first-order chi connectivity index (χ1) is 9.04. The zero-order chi connectivity index (χ0) is 13.9. The molecule has 0 N–H and O–H groups in total. The van der Waals surface area contributed by atoms with Crippen LogP contribution in [0.15, 0.2) is 0 Å². The number of ether oxygens (including phenoxy) is 2. The molecule has 2 rings (SSSR count). The number of esters is 1. The predicted molar refractivity (Wildman–Crippen MR) is 74.6 cm³/mol. The number of rotatable bonds is 6. The maximum atomic E-state index is 12.4. The lowest BCUT2D eigenvalue weighted by Crippen LogP contribution is -2.47. The molecule has 2 unspecified atom stereocenters. The van der Waals surface area contributed by atoms with Gasteiger partial charge < -0.3 is 9.47 Å². The van der Waals surface area contributed by atoms with Crippen LogP contribution in [-0.2, 0) is 14.3 Å². The van der Waals surface area contributed by atoms with Crippen LogP contribution < -0.4 is 0 Å². The molecule has 0 aromatic carbocycles. The molecule has 3 heteroatoms. The second kappa shape index (κ2) is 6.25. The van der Waals surface area contributed by atoms with E-state index in [1.807, 2.05) is 0 Å². The Kier molecular flexibility index (Phi) is 4.88. The van der Waals surface area contributed by atoms with Crippen molar-refractivity contribution in [3.05, 3.63) is 0 Å². The minimum Gasteiger partial charge on any atom is -0.438 e. The Bertz CT molecular complexity index is 307. The summed E-state index contributed by atoms with van der Waals surface area (Å²) >= 11 is 0. The van der Waals surface area contributed by atoms with Gasteiger partial charge in [-0.2, -0.15) is 0 Å². The molecule has 0 spiro atoms. The first-order valence-electron chi connectivity index (χ1n) is 7.83. The normalized spacial score (nSPS) is 31.5. The maximum absolute atomic E-state index is 12.4. The Morgan fingerprint density at radius 1 is 1.26 bits per heavy atom. The molecule has 0 bridgehead atoms. The van der Waals surface area contributed by atoms with Crippen LogP contribution in [0.1, 0.15) is 65.7 Å². The first kappa shape index (κ1) is 14.8. The molecule has 2 aliphatic carbocycles. The van der Waals surface area contributed by atoms with E-state index < -0.39 is 0 Å². The van der Waals surface area contributed by atoms with Crippen molar-refractivity contribution in [2.75, 3.05) is 6.79 Å². The van der Waals surface area contributed by atoms with Crippen LogP contribution in [0.25, 0.3) is 0 Å². The summed E-state index contributed by atoms with van der Waals surface area (Å²) in [4.78, 5) is 12.4. The third-order valence-electron chi connectivity index (χ3n) is 4.94. The van der Waals surface area contributed by atoms with Crippen LogP contribution in [-0.4, -0.2) is 18.9 Å². The molecule has 0 heterocycles. The minimum absolute atomic E-state index is 0.0297. The number of hydrogen-bond acceptors (Lipinski definition) is 3. The summed E-state index contributed by atoms with van der Waals surface area (Å²) < 4.78 is 11.1. The average molecular weight is 268 g/mol. The predicted octanol–water partition coefficient (Wildman–Crippen LogP) is 3.91. The Morgan fingerprint density at radius 2 is 1.95 bits per heavy atom. The van der Waals surface area contributed by atoms with Crippen molar-refractivity contribution in [1.29, 1.82) is 0 Å². The molecule has 2 fully saturated rings. The molecule has 19 heavy (non-hydrogen) atoms. The SMILES string of the molecule is CC(C)CC1(C(=O)OCOC2CCCC2)CCC1C. The van der Waals surface area contributed by atoms with Crippen LogP contribution >= 0.6 is 0 Å². The third kappa shape index (κ3) is 3.31. The van der Waals surface area contributed by atoms with E-state index in [0.29, 0.717) is 17.9 Å². The fourth-order valence-electron chi connectivity index (χ4n) is 3.58. The van der Waals surface area contributed by atoms with Crippen LogP contribution in [0.3, 0.4) is 0 Å². The lowest BCUT2D eigenvalue weighted by molar-refractivity contribution is -0.185. The van der Waals surface area contributed by atoms with Crippen molar-refractivity contribution in [3.8, 4) is 0 Å². The van der Waals surface area contributed by atoms with Gasteiger partial charge in [-0.25, -0.2) is 0 Å². The van der Waals surface area contributed by atoms with Gasteiger partial charge in [0.05, 0.1) is 11.5 Å². The van der Waals surface area contributed by atoms with Gasteiger partial charge in [-0.15, -0.1) is 0 Å². The molecule has 2 atom stereocenters. The molecule has 0 aromatic rings. The highest BCUT2D eigenvalue weighted by Gasteiger charge is 2.51. The van der Waals surface area contributed by atoms with Crippen LogP contribution in [0, 0.1) is 17.3 Å². The fourth-order valence-corrected chi connectivity index (χ4v) is 3.58. The highest BCUT2D eigenvalue weighted by atomic mass is 16.7. The second-order valence-electron chi connectivity index (χ2n) is 6.82. The smallest absolute Gasteiger partial charge is 0.314 e. The molecule has 110 valence electrons. The molecule has 0 saturated heterocycles. The average Bonchev–Trinajstić information content (AvgIpc) is 2.86. The first-order valence-corrected chi connectivity index (χ1v) is 7.83. The van der Waals surface area contributed by atoms with Crippen LogP contribution in [0.4, 0.5) is 0 Å². The van der Waals surface area contributed by atoms with Gasteiger partial charge in [0.25, 0.3) is 0 Å². The summed E-state index contributed by atoms with van der Waals surface area (Å²) in [7, 11) is 0. The Balaban J connectivity index is 1.79. The van der Waals surface area contributed by atoms with Gasteiger partial charge in [0, 0.05) is 0 Å². The van der Waals surface area contributed by atoms with E-state index in [1.54, 1.807) is 0 Å². The molecular formula is C16H28O3. The van der Waals surface area contributed by atoms with E-state index in [4.69, 9.17) is 9.47 Å². The Labute approximate surface area is 117 Å². The van der Waals surface area contributed by atoms with Crippen LogP contribution in [0.2, 0.25) is 0 Å². The van der Waals surface area contributed by atoms with Crippen molar-refractivity contribution in [2.45, 2.75) is 71.8 Å². The second-order valence-corrected chi connectivity index (χ2v) is 6.82. The fraction of sp³-hybridized carbons (Fsp3) is 0.938. The number of hydrogen-bond donors (Lipinski definition) is 0. The highest BCUT2D eigenvalue weighted by molar-refractivity contribution is 5.78. The monoisotopic (exact) mass is 268 g/mol. The van der Waals surface area contributed by atoms with Gasteiger partial charge in [0.2, 0.25) is 0 Å². The summed E-state index contributed by atoms with van der Waals surface area (Å²) in [5.74, 6) is 0.956. The quantitative estimate of drug-likeness (QED) is 0.541. The lowest BCUT2D eigenvalue weighted by atomic mass is 9.57. The van der Waals surface area contributed by atoms with Crippen molar-refractivity contribution in [3.63, 3.8) is 0 Å². The number of carbonyl (C=O) groups excluding carboxylic acids is 1. The zero-order valence-corrected chi connectivity index (χ0v) is 12.6. The van der Waals surface area contributed by atoms with Crippen molar-refractivity contribution < 1.29 is 14.3 Å². The number of carbonyl (C=O) groups is 1. The van der Waals surface area contributed by atoms with E-state index in [2.05, 4.69) is 20.8 Å². The van der Waals surface area contributed by atoms with Crippen molar-refractivity contribution >= 4 is 5.97 Å². The van der Waals surface area contributed by atoms with E-state index in [0.717, 1.165) is 32.1 Å². The van der Waals surface area contributed by atoms with Gasteiger partial charge in [0.1, 0.15) is 0 Å². The molecule has 2 aliphatic rings. The van der Waals surface area contributed by atoms with E-state index >= 15 is 0 Å². The zero-order valence-electron chi connectivity index (χ0n) is 12.6. The molecular weight excluding hydrogens is 240 g/mol. The standard InChI is InChI=1S/C16H28O3/c1-12(2)10-16(9-8-13(16)3)15(17)19-11-18-14-6-4-5-7-14/h12-14H,4-11H2,1-3H3. The van der Waals surface area contributed by atoms with Crippen LogP contribution in [0.5, 0.6) is 0 Å². The summed E-state index contributed by atoms with van der Waals surface area (Å²) in [6.45, 7) is 6.67. The Hall–Kier alpha value is -0.570. The molecule has 0 aliphatic heterocycles. The van der Waals surface area contributed by atoms with Gasteiger partial charge in [-0.1, -0.05) is 33.6 Å². The Morgan fingerprint density at radius 3 is 2.42 bits per heavy atom. The molecule has 0 radical (unpaired) electrons. The van der Waals surface area contributed by atoms with E-state index in [1.165, 1.54) is 12.8 Å². The highest BCUT2D eigenvalue weighted by Crippen LogP contribution is 2.51. The topological polar surface area (TPSA) is 35.5 Å². The summed E-state index contributed by atoms with van der Waals surface area (Å²) in [6, 6.07) is 0. The maximum Gasteiger partial charge on any atom is 0.314 e. The van der Waals surface area contributed by atoms with Gasteiger partial charge in [-0.05, 0) is 43.9 Å². The minimum atomic E-state index is -0.229. The van der Waals surface area contributed by atoms with Crippen molar-refractivity contribution in [2.24, 2.45) is 17.3 Å².